The molecular weight excluding hydrogens is 396 g/mol. The minimum absolute atomic E-state index is 0.0881. The van der Waals surface area contributed by atoms with E-state index in [1.165, 1.54) is 5.56 Å². The van der Waals surface area contributed by atoms with Gasteiger partial charge in [-0.2, -0.15) is 0 Å². The number of hydrogen-bond acceptors (Lipinski definition) is 3. The Morgan fingerprint density at radius 1 is 1.03 bits per heavy atom. The third-order valence-corrected chi connectivity index (χ3v) is 5.27. The molecule has 0 radical (unpaired) electrons. The van der Waals surface area contributed by atoms with Crippen LogP contribution in [0.4, 0.5) is 5.69 Å². The molecule has 150 valence electrons. The van der Waals surface area contributed by atoms with Crippen molar-refractivity contribution in [1.29, 1.82) is 0 Å². The van der Waals surface area contributed by atoms with Crippen molar-refractivity contribution in [3.05, 3.63) is 94.8 Å². The van der Waals surface area contributed by atoms with Crippen LogP contribution in [0.25, 0.3) is 17.1 Å². The van der Waals surface area contributed by atoms with E-state index in [0.717, 1.165) is 23.2 Å². The number of amides is 1. The van der Waals surface area contributed by atoms with Crippen LogP contribution < -0.4 is 5.32 Å². The van der Waals surface area contributed by atoms with Crippen molar-refractivity contribution in [2.75, 3.05) is 5.32 Å². The quantitative estimate of drug-likeness (QED) is 0.453. The van der Waals surface area contributed by atoms with E-state index < -0.39 is 0 Å². The van der Waals surface area contributed by atoms with Crippen LogP contribution in [0.3, 0.4) is 0 Å². The van der Waals surface area contributed by atoms with Crippen LogP contribution in [0.2, 0.25) is 5.02 Å². The number of aromatic nitrogens is 3. The Hall–Kier alpha value is -3.44. The van der Waals surface area contributed by atoms with Gasteiger partial charge < -0.3 is 5.32 Å². The van der Waals surface area contributed by atoms with Crippen molar-refractivity contribution in [2.45, 2.75) is 20.3 Å². The molecule has 1 amide bonds. The third kappa shape index (κ3) is 4.11. The smallest absolute Gasteiger partial charge is 0.295 e. The number of hydrogen-bond donors (Lipinski definition) is 1. The topological polar surface area (TPSA) is 59.8 Å². The van der Waals surface area contributed by atoms with E-state index in [1.807, 2.05) is 79.7 Å². The standard InChI is InChI=1S/C24H21ClN4O/c1-3-17-10-12-19(13-11-17)26-24(30)22-27-23(18-7-5-4-6-8-18)29(28-22)20-14-9-16(2)21(25)15-20/h4-15H,3H2,1-2H3,(H,26,30). The average Bonchev–Trinajstić information content (AvgIpc) is 3.22. The molecule has 0 fully saturated rings. The highest BCUT2D eigenvalue weighted by Crippen LogP contribution is 2.25. The summed E-state index contributed by atoms with van der Waals surface area (Å²) in [5.41, 5.74) is 4.47. The number of benzene rings is 3. The van der Waals surface area contributed by atoms with Gasteiger partial charge in [0.05, 0.1) is 5.69 Å². The van der Waals surface area contributed by atoms with Crippen LogP contribution in [0, 0.1) is 6.92 Å². The van der Waals surface area contributed by atoms with Gasteiger partial charge in [0.15, 0.2) is 5.82 Å². The van der Waals surface area contributed by atoms with Crippen molar-refractivity contribution in [1.82, 2.24) is 14.8 Å². The minimum Gasteiger partial charge on any atom is -0.319 e. The lowest BCUT2D eigenvalue weighted by Crippen LogP contribution is -2.14. The molecule has 0 saturated carbocycles. The molecule has 0 spiro atoms. The first kappa shape index (κ1) is 19.9. The maximum absolute atomic E-state index is 12.8. The predicted molar refractivity (Wildman–Crippen MR) is 120 cm³/mol. The maximum atomic E-state index is 12.8. The van der Waals surface area contributed by atoms with Gasteiger partial charge in [-0.15, -0.1) is 5.10 Å². The number of carbonyl (C=O) groups excluding carboxylic acids is 1. The Kier molecular flexibility index (Phi) is 5.63. The molecule has 3 aromatic carbocycles. The largest absolute Gasteiger partial charge is 0.319 e. The molecule has 1 heterocycles. The van der Waals surface area contributed by atoms with Gasteiger partial charge in [-0.25, -0.2) is 9.67 Å². The Morgan fingerprint density at radius 3 is 2.43 bits per heavy atom. The highest BCUT2D eigenvalue weighted by molar-refractivity contribution is 6.31. The second kappa shape index (κ2) is 8.51. The molecule has 0 atom stereocenters. The molecule has 4 aromatic rings. The number of nitrogens with one attached hydrogen (secondary N) is 1. The number of rotatable bonds is 5. The highest BCUT2D eigenvalue weighted by Gasteiger charge is 2.19. The fourth-order valence-electron chi connectivity index (χ4n) is 3.09. The number of nitrogens with zero attached hydrogens (tertiary/aromatic N) is 3. The average molecular weight is 417 g/mol. The van der Waals surface area contributed by atoms with E-state index in [2.05, 4.69) is 22.3 Å². The van der Waals surface area contributed by atoms with Crippen molar-refractivity contribution < 1.29 is 4.79 Å². The summed E-state index contributed by atoms with van der Waals surface area (Å²) in [6, 6.07) is 23.0. The molecule has 0 saturated heterocycles. The molecule has 0 aliphatic heterocycles. The van der Waals surface area contributed by atoms with Crippen molar-refractivity contribution >= 4 is 23.2 Å². The van der Waals surface area contributed by atoms with Crippen LogP contribution in [0.5, 0.6) is 0 Å². The van der Waals surface area contributed by atoms with Gasteiger partial charge in [-0.05, 0) is 48.7 Å². The van der Waals surface area contributed by atoms with Crippen molar-refractivity contribution in [3.63, 3.8) is 0 Å². The summed E-state index contributed by atoms with van der Waals surface area (Å²) in [5, 5.41) is 7.99. The number of carbonyl (C=O) groups is 1. The number of aryl methyl sites for hydroxylation is 2. The Bertz CT molecular complexity index is 1180. The van der Waals surface area contributed by atoms with Gasteiger partial charge in [-0.3, -0.25) is 4.79 Å². The molecule has 0 aliphatic carbocycles. The lowest BCUT2D eigenvalue weighted by molar-refractivity contribution is 0.101. The lowest BCUT2D eigenvalue weighted by Gasteiger charge is -2.07. The molecule has 6 heteroatoms. The summed E-state index contributed by atoms with van der Waals surface area (Å²) in [6.07, 6.45) is 0.944. The van der Waals surface area contributed by atoms with Crippen LogP contribution in [-0.4, -0.2) is 20.7 Å². The summed E-state index contributed by atoms with van der Waals surface area (Å²) < 4.78 is 1.65. The lowest BCUT2D eigenvalue weighted by atomic mass is 10.1. The predicted octanol–water partition coefficient (Wildman–Crippen LogP) is 5.71. The van der Waals surface area contributed by atoms with Gasteiger partial charge in [0.2, 0.25) is 5.82 Å². The zero-order valence-electron chi connectivity index (χ0n) is 16.8. The molecule has 0 bridgehead atoms. The zero-order chi connectivity index (χ0) is 21.1. The van der Waals surface area contributed by atoms with Crippen LogP contribution in [-0.2, 0) is 6.42 Å². The van der Waals surface area contributed by atoms with Crippen molar-refractivity contribution in [2.24, 2.45) is 0 Å². The maximum Gasteiger partial charge on any atom is 0.295 e. The minimum atomic E-state index is -0.367. The van der Waals surface area contributed by atoms with Gasteiger partial charge in [0, 0.05) is 16.3 Å². The molecule has 0 aliphatic rings. The fourth-order valence-corrected chi connectivity index (χ4v) is 3.26. The van der Waals surface area contributed by atoms with Gasteiger partial charge in [0.25, 0.3) is 5.91 Å². The molecular formula is C24H21ClN4O. The normalized spacial score (nSPS) is 10.8. The first-order valence-electron chi connectivity index (χ1n) is 9.74. The van der Waals surface area contributed by atoms with Gasteiger partial charge in [0.1, 0.15) is 0 Å². The summed E-state index contributed by atoms with van der Waals surface area (Å²) in [7, 11) is 0. The number of anilines is 1. The van der Waals surface area contributed by atoms with E-state index in [1.54, 1.807) is 4.68 Å². The first-order valence-corrected chi connectivity index (χ1v) is 10.1. The molecule has 30 heavy (non-hydrogen) atoms. The highest BCUT2D eigenvalue weighted by atomic mass is 35.5. The van der Waals surface area contributed by atoms with E-state index in [9.17, 15) is 4.79 Å². The second-order valence-corrected chi connectivity index (χ2v) is 7.38. The summed E-state index contributed by atoms with van der Waals surface area (Å²) >= 11 is 6.32. The summed E-state index contributed by atoms with van der Waals surface area (Å²) in [5.74, 6) is 0.292. The Morgan fingerprint density at radius 2 is 1.77 bits per heavy atom. The van der Waals surface area contributed by atoms with Gasteiger partial charge >= 0.3 is 0 Å². The monoisotopic (exact) mass is 416 g/mol. The summed E-state index contributed by atoms with van der Waals surface area (Å²) in [4.78, 5) is 17.4. The third-order valence-electron chi connectivity index (χ3n) is 4.86. The second-order valence-electron chi connectivity index (χ2n) is 6.97. The van der Waals surface area contributed by atoms with Crippen LogP contribution in [0.1, 0.15) is 28.7 Å². The SMILES string of the molecule is CCc1ccc(NC(=O)c2nc(-c3ccccc3)n(-c3ccc(C)c(Cl)c3)n2)cc1. The molecule has 5 nitrogen and oxygen atoms in total. The Balaban J connectivity index is 1.72. The Labute approximate surface area is 180 Å². The van der Waals surface area contributed by atoms with E-state index in [-0.39, 0.29) is 11.7 Å². The first-order chi connectivity index (χ1) is 14.5. The number of halogens is 1. The zero-order valence-corrected chi connectivity index (χ0v) is 17.5. The van der Waals surface area contributed by atoms with Crippen molar-refractivity contribution in [3.8, 4) is 17.1 Å². The molecule has 0 unspecified atom stereocenters. The van der Waals surface area contributed by atoms with Gasteiger partial charge in [-0.1, -0.05) is 67.1 Å². The van der Waals surface area contributed by atoms with Crippen LogP contribution >= 0.6 is 11.6 Å². The van der Waals surface area contributed by atoms with Crippen LogP contribution in [0.15, 0.2) is 72.8 Å². The van der Waals surface area contributed by atoms with E-state index in [0.29, 0.717) is 16.5 Å². The molecule has 1 N–H and O–H groups in total. The van der Waals surface area contributed by atoms with E-state index >= 15 is 0 Å². The van der Waals surface area contributed by atoms with E-state index in [4.69, 9.17) is 11.6 Å². The molecule has 1 aromatic heterocycles. The molecule has 4 rings (SSSR count). The fraction of sp³-hybridized carbons (Fsp3) is 0.125. The summed E-state index contributed by atoms with van der Waals surface area (Å²) in [6.45, 7) is 4.03.